The maximum atomic E-state index is 12.8. The Bertz CT molecular complexity index is 499. The summed E-state index contributed by atoms with van der Waals surface area (Å²) in [5.41, 5.74) is -1.07. The van der Waals surface area contributed by atoms with Gasteiger partial charge in [0.05, 0.1) is 12.1 Å². The van der Waals surface area contributed by atoms with Gasteiger partial charge in [0.2, 0.25) is 0 Å². The minimum absolute atomic E-state index is 0.141. The van der Waals surface area contributed by atoms with Gasteiger partial charge >= 0.3 is 0 Å². The van der Waals surface area contributed by atoms with Crippen LogP contribution in [0, 0.1) is 10.8 Å². The number of hydrogen-bond donors (Lipinski definition) is 2. The molecule has 0 saturated heterocycles. The van der Waals surface area contributed by atoms with Crippen molar-refractivity contribution < 1.29 is 9.59 Å². The Hall–Kier alpha value is -1.00. The van der Waals surface area contributed by atoms with E-state index in [9.17, 15) is 9.59 Å². The molecule has 0 aromatic heterocycles. The molecule has 0 amide bonds. The predicted octanol–water partition coefficient (Wildman–Crippen LogP) is 5.07. The van der Waals surface area contributed by atoms with E-state index in [1.807, 2.05) is 53.7 Å². The van der Waals surface area contributed by atoms with Crippen LogP contribution in [0.25, 0.3) is 0 Å². The van der Waals surface area contributed by atoms with Crippen LogP contribution in [-0.2, 0) is 9.59 Å². The lowest BCUT2D eigenvalue weighted by atomic mass is 9.83. The Balaban J connectivity index is 5.26. The second-order valence-electron chi connectivity index (χ2n) is 12.1. The highest BCUT2D eigenvalue weighted by molar-refractivity contribution is 5.89. The topological polar surface area (TPSA) is 58.2 Å². The Morgan fingerprint density at radius 1 is 0.607 bits per heavy atom. The summed E-state index contributed by atoms with van der Waals surface area (Å²) in [5.74, 6) is 0.421. The van der Waals surface area contributed by atoms with E-state index in [0.29, 0.717) is 12.8 Å². The average molecular weight is 395 g/mol. The van der Waals surface area contributed by atoms with Crippen LogP contribution in [0.1, 0.15) is 95.9 Å². The Kier molecular flexibility index (Phi) is 9.32. The quantitative estimate of drug-likeness (QED) is 0.565. The van der Waals surface area contributed by atoms with Gasteiger partial charge in [-0.25, -0.2) is 0 Å². The molecular formula is C24H46N2O2. The highest BCUT2D eigenvalue weighted by Gasteiger charge is 2.32. The predicted molar refractivity (Wildman–Crippen MR) is 121 cm³/mol. The lowest BCUT2D eigenvalue weighted by Crippen LogP contribution is -2.51. The van der Waals surface area contributed by atoms with Crippen molar-refractivity contribution in [2.24, 2.45) is 10.8 Å². The molecule has 0 radical (unpaired) electrons. The van der Waals surface area contributed by atoms with Gasteiger partial charge in [0.15, 0.2) is 11.6 Å². The van der Waals surface area contributed by atoms with Crippen molar-refractivity contribution in [2.75, 3.05) is 0 Å². The third-order valence-corrected chi connectivity index (χ3v) is 4.24. The molecule has 0 heterocycles. The molecule has 0 fully saturated rings. The van der Waals surface area contributed by atoms with Gasteiger partial charge in [0, 0.05) is 21.9 Å². The van der Waals surface area contributed by atoms with Crippen molar-refractivity contribution in [3.05, 3.63) is 12.2 Å². The minimum Gasteiger partial charge on any atom is -0.302 e. The first-order valence-corrected chi connectivity index (χ1v) is 10.5. The van der Waals surface area contributed by atoms with Gasteiger partial charge in [-0.15, -0.1) is 0 Å². The molecule has 0 aromatic rings. The maximum absolute atomic E-state index is 12.8. The van der Waals surface area contributed by atoms with Crippen molar-refractivity contribution in [2.45, 2.75) is 119 Å². The van der Waals surface area contributed by atoms with E-state index in [0.717, 1.165) is 0 Å². The summed E-state index contributed by atoms with van der Waals surface area (Å²) in [6.07, 6.45) is 5.33. The molecule has 4 nitrogen and oxygen atoms in total. The fourth-order valence-electron chi connectivity index (χ4n) is 3.02. The van der Waals surface area contributed by atoms with Crippen LogP contribution in [0.15, 0.2) is 12.2 Å². The second-order valence-corrected chi connectivity index (χ2v) is 12.1. The van der Waals surface area contributed by atoms with E-state index in [2.05, 4.69) is 52.2 Å². The number of rotatable bonds is 8. The molecule has 2 unspecified atom stereocenters. The highest BCUT2D eigenvalue weighted by Crippen LogP contribution is 2.22. The highest BCUT2D eigenvalue weighted by atomic mass is 16.1. The number of ketones is 2. The number of Topliss-reactive ketones (excluding diaryl/α,β-unsaturated/α-hetero) is 2. The third-order valence-electron chi connectivity index (χ3n) is 4.24. The minimum atomic E-state index is -0.394. The van der Waals surface area contributed by atoms with Gasteiger partial charge in [-0.2, -0.15) is 0 Å². The molecule has 0 aromatic carbocycles. The molecule has 4 heteroatoms. The van der Waals surface area contributed by atoms with E-state index in [1.54, 1.807) is 0 Å². The third kappa shape index (κ3) is 11.1. The molecule has 28 heavy (non-hydrogen) atoms. The number of hydrogen-bond acceptors (Lipinski definition) is 4. The Labute approximate surface area is 174 Å². The summed E-state index contributed by atoms with van der Waals surface area (Å²) < 4.78 is 0. The smallest absolute Gasteiger partial charge is 0.155 e. The summed E-state index contributed by atoms with van der Waals surface area (Å²) in [4.78, 5) is 25.7. The number of carbonyl (C=O) groups is 2. The van der Waals surface area contributed by atoms with Crippen molar-refractivity contribution in [3.63, 3.8) is 0 Å². The van der Waals surface area contributed by atoms with Gasteiger partial charge in [-0.3, -0.25) is 9.59 Å². The van der Waals surface area contributed by atoms with Gasteiger partial charge < -0.3 is 10.6 Å². The van der Waals surface area contributed by atoms with E-state index in [1.165, 1.54) is 0 Å². The zero-order valence-corrected chi connectivity index (χ0v) is 20.5. The molecule has 164 valence electrons. The first kappa shape index (κ1) is 27.0. The van der Waals surface area contributed by atoms with Gasteiger partial charge in [-0.1, -0.05) is 53.7 Å². The van der Waals surface area contributed by atoms with Crippen LogP contribution >= 0.6 is 0 Å². The zero-order chi connectivity index (χ0) is 22.6. The fraction of sp³-hybridized carbons (Fsp3) is 0.833. The van der Waals surface area contributed by atoms with Crippen LogP contribution in [0.3, 0.4) is 0 Å². The van der Waals surface area contributed by atoms with Gasteiger partial charge in [0.25, 0.3) is 0 Å². The first-order valence-electron chi connectivity index (χ1n) is 10.5. The molecule has 2 N–H and O–H groups in total. The van der Waals surface area contributed by atoms with E-state index in [4.69, 9.17) is 0 Å². The molecule has 2 atom stereocenters. The summed E-state index contributed by atoms with van der Waals surface area (Å²) in [6, 6.07) is -0.466. The SMILES string of the molecule is CC(C)(C)NC(C/C=C\CC(NC(C)(C)C)C(=O)C(C)(C)C)C(=O)C(C)(C)C. The van der Waals surface area contributed by atoms with Crippen LogP contribution in [0.4, 0.5) is 0 Å². The molecule has 0 aliphatic heterocycles. The molecule has 0 bridgehead atoms. The van der Waals surface area contributed by atoms with E-state index >= 15 is 0 Å². The van der Waals surface area contributed by atoms with Crippen LogP contribution in [-0.4, -0.2) is 34.7 Å². The number of carbonyl (C=O) groups excluding carboxylic acids is 2. The molecule has 0 aliphatic rings. The summed E-state index contributed by atoms with van der Waals surface area (Å²) in [6.45, 7) is 24.2. The monoisotopic (exact) mass is 394 g/mol. The van der Waals surface area contributed by atoms with Gasteiger partial charge in [-0.05, 0) is 54.4 Å². The molecule has 0 aliphatic carbocycles. The van der Waals surface area contributed by atoms with E-state index < -0.39 is 10.8 Å². The second kappa shape index (κ2) is 9.67. The summed E-state index contributed by atoms with van der Waals surface area (Å²) in [5, 5.41) is 6.91. The largest absolute Gasteiger partial charge is 0.302 e. The van der Waals surface area contributed by atoms with Crippen molar-refractivity contribution in [3.8, 4) is 0 Å². The van der Waals surface area contributed by atoms with Crippen LogP contribution in [0.5, 0.6) is 0 Å². The molecule has 0 rings (SSSR count). The lowest BCUT2D eigenvalue weighted by molar-refractivity contribution is -0.129. The average Bonchev–Trinajstić information content (AvgIpc) is 2.43. The Morgan fingerprint density at radius 2 is 0.857 bits per heavy atom. The first-order chi connectivity index (χ1) is 12.2. The van der Waals surface area contributed by atoms with Crippen LogP contribution < -0.4 is 10.6 Å². The van der Waals surface area contributed by atoms with Crippen molar-refractivity contribution >= 4 is 11.6 Å². The van der Waals surface area contributed by atoms with Crippen molar-refractivity contribution in [1.29, 1.82) is 0 Å². The molecular weight excluding hydrogens is 348 g/mol. The summed E-state index contributed by atoms with van der Waals surface area (Å²) in [7, 11) is 0. The molecule has 0 spiro atoms. The standard InChI is InChI=1S/C24H46N2O2/c1-21(2,3)19(27)17(25-23(7,8)9)15-13-14-16-18(26-24(10,11)12)20(28)22(4,5)6/h13-14,17-18,25-26H,15-16H2,1-12H3/b14-13-. The molecule has 0 saturated carbocycles. The van der Waals surface area contributed by atoms with Crippen molar-refractivity contribution in [1.82, 2.24) is 10.6 Å². The normalized spacial score (nSPS) is 16.3. The van der Waals surface area contributed by atoms with E-state index in [-0.39, 0.29) is 34.7 Å². The summed E-state index contributed by atoms with van der Waals surface area (Å²) >= 11 is 0. The maximum Gasteiger partial charge on any atom is 0.155 e. The number of nitrogens with one attached hydrogen (secondary N) is 2. The zero-order valence-electron chi connectivity index (χ0n) is 20.5. The van der Waals surface area contributed by atoms with Gasteiger partial charge in [0.1, 0.15) is 0 Å². The fourth-order valence-corrected chi connectivity index (χ4v) is 3.02. The van der Waals surface area contributed by atoms with Crippen LogP contribution in [0.2, 0.25) is 0 Å². The lowest BCUT2D eigenvalue weighted by Gasteiger charge is -2.32. The Morgan fingerprint density at radius 3 is 1.04 bits per heavy atom.